The van der Waals surface area contributed by atoms with Gasteiger partial charge >= 0.3 is 25.6 Å². The number of benzene rings is 1. The van der Waals surface area contributed by atoms with Crippen molar-refractivity contribution in [2.24, 2.45) is 46.3 Å². The van der Waals surface area contributed by atoms with Crippen LogP contribution in [0, 0.1) is 52.2 Å². The number of aliphatic carboxylic acids is 1. The normalized spacial score (nSPS) is 28.9. The lowest BCUT2D eigenvalue weighted by molar-refractivity contribution is -0.142. The number of carbonyl (C=O) groups excluding carboxylic acids is 4. The number of carboxylic acid groups (broad SMARTS) is 1. The molecule has 3 unspecified atom stereocenters. The van der Waals surface area contributed by atoms with E-state index in [0.29, 0.717) is 47.8 Å². The van der Waals surface area contributed by atoms with Crippen LogP contribution in [0.25, 0.3) is 0 Å². The zero-order valence-corrected chi connectivity index (χ0v) is 45.8. The lowest BCUT2D eigenvalue weighted by Gasteiger charge is -2.58. The second kappa shape index (κ2) is 25.3. The number of ketones is 1. The quantitative estimate of drug-likeness (QED) is 0.0306. The molecule has 7 rings (SSSR count). The summed E-state index contributed by atoms with van der Waals surface area (Å²) in [5.74, 6) is -0.606. The molecule has 2 aromatic rings. The van der Waals surface area contributed by atoms with E-state index in [1.165, 1.54) is 74.8 Å². The highest BCUT2D eigenvalue weighted by Gasteiger charge is 2.59. The highest BCUT2D eigenvalue weighted by atomic mass is 31.2. The zero-order chi connectivity index (χ0) is 56.0. The van der Waals surface area contributed by atoms with Gasteiger partial charge in [0.25, 0.3) is 5.56 Å². The minimum absolute atomic E-state index is 0.00396. The number of hydrogen-bond donors (Lipinski definition) is 8. The van der Waals surface area contributed by atoms with E-state index >= 15 is 0 Å². The van der Waals surface area contributed by atoms with Crippen molar-refractivity contribution in [3.63, 3.8) is 0 Å². The smallest absolute Gasteiger partial charge is 0.480 e. The number of alkyl carbamates (subject to hydrolysis) is 1. The summed E-state index contributed by atoms with van der Waals surface area (Å²) in [6.45, 7) is 12.2. The number of carbonyl (C=O) groups is 5. The summed E-state index contributed by atoms with van der Waals surface area (Å²) in [6, 6.07) is 2.78. The zero-order valence-electron chi connectivity index (χ0n) is 44.9. The molecule has 426 valence electrons. The van der Waals surface area contributed by atoms with Crippen LogP contribution < -0.4 is 31.7 Å². The molecule has 0 spiro atoms. The van der Waals surface area contributed by atoms with Crippen LogP contribution in [0.1, 0.15) is 156 Å². The lowest BCUT2D eigenvalue weighted by Crippen LogP contribution is -2.53. The Kier molecular flexibility index (Phi) is 19.5. The number of hydrogen-bond acceptors (Lipinski definition) is 12. The summed E-state index contributed by atoms with van der Waals surface area (Å²) in [5.41, 5.74) is -0.0851. The number of ether oxygens (including phenoxy) is 2. The summed E-state index contributed by atoms with van der Waals surface area (Å²) in [6.07, 6.45) is 9.21. The number of nitrogens with one attached hydrogen (secondary N) is 4. The molecule has 2 heterocycles. The number of aliphatic hydroxyl groups is 1. The average Bonchev–Trinajstić information content (AvgIpc) is 4.03. The Morgan fingerprint density at radius 3 is 2.36 bits per heavy atom. The number of phosphoric ester groups is 1. The second-order valence-electron chi connectivity index (χ2n) is 23.4. The molecule has 1 aromatic carbocycles. The molecule has 3 saturated carbocycles. The molecule has 77 heavy (non-hydrogen) atoms. The fraction of sp³-hybridized carbons (Fsp3) is 0.691. The van der Waals surface area contributed by atoms with E-state index in [9.17, 15) is 62.5 Å². The van der Waals surface area contributed by atoms with E-state index in [4.69, 9.17) is 9.47 Å². The molecule has 3 amide bonds. The third-order valence-electron chi connectivity index (χ3n) is 17.8. The van der Waals surface area contributed by atoms with Crippen LogP contribution in [0.15, 0.2) is 51.7 Å². The molecule has 0 bridgehead atoms. The van der Waals surface area contributed by atoms with Gasteiger partial charge in [0.15, 0.2) is 5.78 Å². The van der Waals surface area contributed by atoms with E-state index in [2.05, 4.69) is 61.2 Å². The molecule has 1 aliphatic heterocycles. The number of aromatic nitrogens is 2. The van der Waals surface area contributed by atoms with Gasteiger partial charge < -0.3 is 40.2 Å². The third-order valence-corrected chi connectivity index (χ3v) is 18.3. The molecule has 5 aliphatic rings. The molecule has 22 heteroatoms. The number of fused-ring (bicyclic) bond motifs is 5. The topological polar surface area (TPSA) is 302 Å². The van der Waals surface area contributed by atoms with Crippen LogP contribution in [0.4, 0.5) is 9.18 Å². The monoisotopic (exact) mass is 1100 g/mol. The molecule has 0 radical (unpaired) electrons. The minimum atomic E-state index is -4.86. The van der Waals surface area contributed by atoms with Gasteiger partial charge in [-0.25, -0.2) is 18.9 Å². The number of Topliss-reactive ketones (excluding diaryl/α,β-unsaturated/α-hetero) is 1. The van der Waals surface area contributed by atoms with Crippen molar-refractivity contribution in [3.8, 4) is 5.75 Å². The summed E-state index contributed by atoms with van der Waals surface area (Å²) in [5, 5.41) is 28.4. The van der Waals surface area contributed by atoms with Crippen LogP contribution in [0.2, 0.25) is 0 Å². The first-order valence-electron chi connectivity index (χ1n) is 27.5. The number of unbranched alkanes of at least 4 members (excludes halogenated alkanes) is 1. The fourth-order valence-electron chi connectivity index (χ4n) is 13.8. The second-order valence-corrected chi connectivity index (χ2v) is 24.5. The van der Waals surface area contributed by atoms with E-state index in [-0.39, 0.29) is 62.7 Å². The number of amides is 3. The predicted octanol–water partition coefficient (Wildman–Crippen LogP) is 6.75. The maximum Gasteiger partial charge on any atom is 0.524 e. The SMILES string of the molecule is CC(C)CCC[C@@H](C)[C@H]1CC[C@H]2[C@@H]3CC=C4C[C@@H](OC(=O)N[C@H](Cc5ccc(OP(=O)(O)O)cc5)C(=O)N[C@H](CCCCNC(=O)CCC(=O)C5OC(n6cc(F)c(=O)[nH]c6=O)CC5O)C(=O)O)CC[C@]4(C)[C@H]3CC[C@]12C. The van der Waals surface area contributed by atoms with E-state index in [0.717, 1.165) is 35.2 Å². The Morgan fingerprint density at radius 2 is 1.66 bits per heavy atom. The number of halogens is 1. The maximum absolute atomic E-state index is 14.0. The summed E-state index contributed by atoms with van der Waals surface area (Å²) < 4.78 is 42.2. The Balaban J connectivity index is 0.903. The molecule has 8 N–H and O–H groups in total. The molecule has 1 saturated heterocycles. The largest absolute Gasteiger partial charge is 0.524 e. The fourth-order valence-corrected chi connectivity index (χ4v) is 14.2. The summed E-state index contributed by atoms with van der Waals surface area (Å²) >= 11 is 0. The number of phosphoric acid groups is 1. The summed E-state index contributed by atoms with van der Waals surface area (Å²) in [4.78, 5) is 109. The minimum Gasteiger partial charge on any atom is -0.480 e. The van der Waals surface area contributed by atoms with Gasteiger partial charge in [0.1, 0.15) is 36.3 Å². The van der Waals surface area contributed by atoms with Crippen LogP contribution in [0.3, 0.4) is 0 Å². The highest BCUT2D eigenvalue weighted by molar-refractivity contribution is 7.46. The molecular weight excluding hydrogens is 1020 g/mol. The van der Waals surface area contributed by atoms with Crippen molar-refractivity contribution in [3.05, 3.63) is 74.3 Å². The van der Waals surface area contributed by atoms with Gasteiger partial charge in [-0.2, -0.15) is 4.39 Å². The van der Waals surface area contributed by atoms with Gasteiger partial charge in [0.05, 0.1) is 12.3 Å². The lowest BCUT2D eigenvalue weighted by atomic mass is 9.47. The van der Waals surface area contributed by atoms with Gasteiger partial charge in [0.2, 0.25) is 17.6 Å². The number of nitrogens with zero attached hydrogens (tertiary/aromatic N) is 1. The Morgan fingerprint density at radius 1 is 0.922 bits per heavy atom. The Hall–Kier alpha value is -5.21. The number of aromatic amines is 1. The van der Waals surface area contributed by atoms with Gasteiger partial charge in [-0.05, 0) is 128 Å². The van der Waals surface area contributed by atoms with Crippen molar-refractivity contribution in [2.45, 2.75) is 187 Å². The van der Waals surface area contributed by atoms with Crippen LogP contribution in [-0.4, -0.2) is 96.2 Å². The highest BCUT2D eigenvalue weighted by Crippen LogP contribution is 2.67. The van der Waals surface area contributed by atoms with Crippen molar-refractivity contribution < 1.29 is 66.9 Å². The molecule has 13 atom stereocenters. The van der Waals surface area contributed by atoms with Crippen molar-refractivity contribution in [1.29, 1.82) is 0 Å². The van der Waals surface area contributed by atoms with Gasteiger partial charge in [-0.3, -0.25) is 38.5 Å². The molecule has 20 nitrogen and oxygen atoms in total. The van der Waals surface area contributed by atoms with Crippen LogP contribution in [0.5, 0.6) is 5.75 Å². The maximum atomic E-state index is 14.0. The summed E-state index contributed by atoms with van der Waals surface area (Å²) in [7, 11) is -4.86. The van der Waals surface area contributed by atoms with Crippen LogP contribution >= 0.6 is 7.82 Å². The molecule has 1 aromatic heterocycles. The van der Waals surface area contributed by atoms with Crippen molar-refractivity contribution in [1.82, 2.24) is 25.5 Å². The third kappa shape index (κ3) is 14.7. The van der Waals surface area contributed by atoms with Crippen molar-refractivity contribution in [2.75, 3.05) is 6.54 Å². The number of H-pyrrole nitrogens is 1. The van der Waals surface area contributed by atoms with Gasteiger partial charge in [0, 0.05) is 38.6 Å². The molecule has 4 aliphatic carbocycles. The first kappa shape index (κ1) is 59.5. The van der Waals surface area contributed by atoms with E-state index in [1.807, 2.05) is 0 Å². The van der Waals surface area contributed by atoms with Gasteiger partial charge in [-0.15, -0.1) is 0 Å². The number of rotatable bonds is 24. The molecule has 4 fully saturated rings. The Labute approximate surface area is 448 Å². The Bertz CT molecular complexity index is 2660. The average molecular weight is 1100 g/mol. The standard InChI is InChI=1S/C55H79FN5O15P/c1-31(2)9-8-10-32(3)38-18-19-39-37-17-14-34-28-36(22-24-54(34,4)40(37)23-25-55(38,39)5)74-53(70)59-43(27-33-12-15-35(16-13-33)76-77(71,72)73)50(66)58-42(51(67)68)11-6-7-26-57-46(64)21-20-44(62)48-45(63)29-47(75-48)61-30-41(56)49(65)60-52(61)69/h12-16,30-32,36-40,42-43,45,47-48,63H,6-11,17-29H2,1-5H3,(H,57,64)(H,58,66)(H,59,70)(H,67,68)(H,60,65,69)(H2,71,72,73)/t32-,36+,37+,38-,39+,40+,42-,43-,45?,47?,48?,54+,55-/m1/s1. The first-order chi connectivity index (χ1) is 36.3. The number of allylic oxidation sites excluding steroid dienone is 1. The van der Waals surface area contributed by atoms with E-state index < -0.39 is 91.2 Å². The van der Waals surface area contributed by atoms with E-state index in [1.54, 1.807) is 4.98 Å². The first-order valence-corrected chi connectivity index (χ1v) is 29.1. The number of carboxylic acids is 1. The van der Waals surface area contributed by atoms with Crippen molar-refractivity contribution >= 4 is 37.5 Å². The van der Waals surface area contributed by atoms with Crippen LogP contribution in [-0.2, 0) is 39.6 Å². The predicted molar refractivity (Wildman–Crippen MR) is 280 cm³/mol. The molecular formula is C55H79FN5O15P. The van der Waals surface area contributed by atoms with Gasteiger partial charge in [-0.1, -0.05) is 77.7 Å². The number of aliphatic hydroxyl groups excluding tert-OH is 1.